The molecule has 3 aromatic heterocycles. The molecule has 1 aliphatic carbocycles. The van der Waals surface area contributed by atoms with E-state index in [0.717, 1.165) is 29.9 Å². The van der Waals surface area contributed by atoms with Gasteiger partial charge in [-0.25, -0.2) is 4.68 Å². The molecule has 1 aliphatic rings. The molecule has 120 valence electrons. The molecule has 0 spiro atoms. The number of nitrogens with zero attached hydrogens (tertiary/aromatic N) is 3. The van der Waals surface area contributed by atoms with Crippen LogP contribution in [0.4, 0.5) is 0 Å². The minimum atomic E-state index is -0.280. The van der Waals surface area contributed by atoms with Gasteiger partial charge >= 0.3 is 0 Å². The van der Waals surface area contributed by atoms with Crippen molar-refractivity contribution in [3.63, 3.8) is 0 Å². The molecule has 1 N–H and O–H groups in total. The Morgan fingerprint density at radius 1 is 1.39 bits per heavy atom. The van der Waals surface area contributed by atoms with Crippen LogP contribution in [-0.4, -0.2) is 26.1 Å². The average molecular weight is 314 g/mol. The second-order valence-corrected chi connectivity index (χ2v) is 6.05. The Morgan fingerprint density at radius 2 is 2.17 bits per heavy atom. The fourth-order valence-electron chi connectivity index (χ4n) is 2.89. The average Bonchev–Trinajstić information content (AvgIpc) is 3.13. The van der Waals surface area contributed by atoms with E-state index in [1.54, 1.807) is 6.07 Å². The molecule has 7 nitrogen and oxygen atoms in total. The summed E-state index contributed by atoms with van der Waals surface area (Å²) in [5.41, 5.74) is 1.71. The monoisotopic (exact) mass is 314 g/mol. The van der Waals surface area contributed by atoms with Crippen LogP contribution < -0.4 is 10.9 Å². The van der Waals surface area contributed by atoms with Gasteiger partial charge in [0.2, 0.25) is 5.91 Å². The molecular weight excluding hydrogens is 296 g/mol. The molecule has 0 saturated heterocycles. The van der Waals surface area contributed by atoms with E-state index < -0.39 is 0 Å². The molecule has 0 bridgehead atoms. The number of hydrogen-bond donors (Lipinski definition) is 1. The van der Waals surface area contributed by atoms with Gasteiger partial charge in [0, 0.05) is 24.6 Å². The third-order valence-electron chi connectivity index (χ3n) is 4.11. The largest absolute Gasteiger partial charge is 0.460 e. The second-order valence-electron chi connectivity index (χ2n) is 6.05. The van der Waals surface area contributed by atoms with Crippen LogP contribution in [0.2, 0.25) is 0 Å². The molecular formula is C16H18N4O3. The van der Waals surface area contributed by atoms with Crippen LogP contribution >= 0.6 is 0 Å². The van der Waals surface area contributed by atoms with Crippen molar-refractivity contribution in [2.75, 3.05) is 0 Å². The van der Waals surface area contributed by atoms with Gasteiger partial charge in [0.25, 0.3) is 5.56 Å². The molecule has 1 fully saturated rings. The van der Waals surface area contributed by atoms with E-state index in [1.807, 2.05) is 24.3 Å². The number of nitrogens with one attached hydrogen (secondary N) is 1. The van der Waals surface area contributed by atoms with Gasteiger partial charge in [-0.3, -0.25) is 14.0 Å². The zero-order chi connectivity index (χ0) is 16.1. The quantitative estimate of drug-likeness (QED) is 0.789. The third kappa shape index (κ3) is 2.32. The van der Waals surface area contributed by atoms with Crippen LogP contribution in [0.25, 0.3) is 16.6 Å². The molecule has 0 radical (unpaired) electrons. The number of aromatic nitrogens is 3. The smallest absolute Gasteiger partial charge is 0.291 e. The molecule has 3 aromatic rings. The summed E-state index contributed by atoms with van der Waals surface area (Å²) in [7, 11) is 0. The number of furan rings is 1. The Labute approximate surface area is 131 Å². The van der Waals surface area contributed by atoms with Crippen molar-refractivity contribution < 1.29 is 9.21 Å². The van der Waals surface area contributed by atoms with E-state index in [9.17, 15) is 9.59 Å². The molecule has 0 atom stereocenters. The van der Waals surface area contributed by atoms with Gasteiger partial charge in [0.15, 0.2) is 5.58 Å². The van der Waals surface area contributed by atoms with Gasteiger partial charge in [-0.05, 0) is 19.8 Å². The molecule has 3 heterocycles. The number of aryl methyl sites for hydroxylation is 2. The zero-order valence-electron chi connectivity index (χ0n) is 13.1. The topological polar surface area (TPSA) is 81.5 Å². The fraction of sp³-hybridized carbons (Fsp3) is 0.438. The fourth-order valence-corrected chi connectivity index (χ4v) is 2.89. The number of rotatable bonds is 4. The Hall–Kier alpha value is -2.57. The maximum Gasteiger partial charge on any atom is 0.291 e. The van der Waals surface area contributed by atoms with Crippen LogP contribution in [0.15, 0.2) is 21.3 Å². The summed E-state index contributed by atoms with van der Waals surface area (Å²) in [6.45, 7) is 3.79. The van der Waals surface area contributed by atoms with Crippen LogP contribution in [0.3, 0.4) is 0 Å². The minimum absolute atomic E-state index is 0.0512. The van der Waals surface area contributed by atoms with E-state index in [4.69, 9.17) is 4.42 Å². The molecule has 0 aliphatic heterocycles. The SMILES string of the molecule is CCc1nn(CC(=O)NC2CC2)c(=O)c2cc3oc(C)cc3n12. The van der Waals surface area contributed by atoms with Gasteiger partial charge in [0.05, 0.1) is 5.52 Å². The summed E-state index contributed by atoms with van der Waals surface area (Å²) in [4.78, 5) is 24.6. The first-order chi connectivity index (χ1) is 11.1. The molecule has 7 heteroatoms. The predicted molar refractivity (Wildman–Crippen MR) is 84.5 cm³/mol. The number of carbonyl (C=O) groups excluding carboxylic acids is 1. The van der Waals surface area contributed by atoms with Gasteiger partial charge in [-0.1, -0.05) is 6.92 Å². The van der Waals surface area contributed by atoms with Crippen molar-refractivity contribution >= 4 is 22.5 Å². The van der Waals surface area contributed by atoms with Gasteiger partial charge < -0.3 is 9.73 Å². The van der Waals surface area contributed by atoms with Crippen molar-refractivity contribution in [2.45, 2.75) is 45.7 Å². The van der Waals surface area contributed by atoms with Gasteiger partial charge in [-0.15, -0.1) is 0 Å². The van der Waals surface area contributed by atoms with E-state index in [2.05, 4.69) is 10.4 Å². The second kappa shape index (κ2) is 4.97. The summed E-state index contributed by atoms with van der Waals surface area (Å²) in [6, 6.07) is 3.89. The number of amides is 1. The first kappa shape index (κ1) is 14.0. The Bertz CT molecular complexity index is 975. The number of fused-ring (bicyclic) bond motifs is 3. The lowest BCUT2D eigenvalue weighted by Crippen LogP contribution is -2.36. The van der Waals surface area contributed by atoms with Crippen LogP contribution in [-0.2, 0) is 17.8 Å². The van der Waals surface area contributed by atoms with Crippen LogP contribution in [0.5, 0.6) is 0 Å². The summed E-state index contributed by atoms with van der Waals surface area (Å²) < 4.78 is 8.68. The highest BCUT2D eigenvalue weighted by molar-refractivity contribution is 5.83. The maximum absolute atomic E-state index is 12.6. The highest BCUT2D eigenvalue weighted by atomic mass is 16.3. The molecule has 4 rings (SSSR count). The van der Waals surface area contributed by atoms with Crippen LogP contribution in [0.1, 0.15) is 31.4 Å². The normalized spacial score (nSPS) is 14.7. The third-order valence-corrected chi connectivity index (χ3v) is 4.11. The first-order valence-electron chi connectivity index (χ1n) is 7.87. The summed E-state index contributed by atoms with van der Waals surface area (Å²) in [5.74, 6) is 1.36. The Balaban J connectivity index is 1.84. The summed E-state index contributed by atoms with van der Waals surface area (Å²) in [5, 5.41) is 7.26. The van der Waals surface area contributed by atoms with Crippen molar-refractivity contribution in [3.05, 3.63) is 34.1 Å². The minimum Gasteiger partial charge on any atom is -0.460 e. The summed E-state index contributed by atoms with van der Waals surface area (Å²) in [6.07, 6.45) is 2.68. The van der Waals surface area contributed by atoms with Gasteiger partial charge in [-0.2, -0.15) is 5.10 Å². The molecule has 1 saturated carbocycles. The van der Waals surface area contributed by atoms with E-state index in [0.29, 0.717) is 17.5 Å². The highest BCUT2D eigenvalue weighted by Crippen LogP contribution is 2.23. The van der Waals surface area contributed by atoms with Crippen molar-refractivity contribution in [1.29, 1.82) is 0 Å². The van der Waals surface area contributed by atoms with Crippen molar-refractivity contribution in [3.8, 4) is 0 Å². The molecule has 0 aromatic carbocycles. The molecule has 23 heavy (non-hydrogen) atoms. The van der Waals surface area contributed by atoms with Crippen LogP contribution in [0, 0.1) is 6.92 Å². The molecule has 0 unspecified atom stereocenters. The highest BCUT2D eigenvalue weighted by Gasteiger charge is 2.24. The standard InChI is InChI=1S/C16H18N4O3/c1-3-14-18-19(8-15(21)17-10-4-5-10)16(22)12-7-13-11(20(12)14)6-9(2)23-13/h6-7,10H,3-5,8H2,1-2H3,(H,17,21). The summed E-state index contributed by atoms with van der Waals surface area (Å²) >= 11 is 0. The number of hydrogen-bond acceptors (Lipinski definition) is 4. The lowest BCUT2D eigenvalue weighted by Gasteiger charge is -2.09. The Morgan fingerprint density at radius 3 is 2.87 bits per heavy atom. The van der Waals surface area contributed by atoms with E-state index >= 15 is 0 Å². The zero-order valence-corrected chi connectivity index (χ0v) is 13.1. The number of carbonyl (C=O) groups is 1. The van der Waals surface area contributed by atoms with E-state index in [-0.39, 0.29) is 24.1 Å². The van der Waals surface area contributed by atoms with Crippen molar-refractivity contribution in [1.82, 2.24) is 19.5 Å². The Kier molecular flexibility index (Phi) is 3.04. The molecule has 1 amide bonds. The predicted octanol–water partition coefficient (Wildman–Crippen LogP) is 1.39. The lowest BCUT2D eigenvalue weighted by molar-refractivity contribution is -0.122. The maximum atomic E-state index is 12.6. The van der Waals surface area contributed by atoms with E-state index in [1.165, 1.54) is 4.68 Å². The lowest BCUT2D eigenvalue weighted by atomic mass is 10.4. The van der Waals surface area contributed by atoms with Crippen molar-refractivity contribution in [2.24, 2.45) is 0 Å². The van der Waals surface area contributed by atoms with Gasteiger partial charge in [0.1, 0.15) is 23.6 Å². The first-order valence-corrected chi connectivity index (χ1v) is 7.87.